The summed E-state index contributed by atoms with van der Waals surface area (Å²) in [7, 11) is 0. The lowest BCUT2D eigenvalue weighted by molar-refractivity contribution is -0.119. The average Bonchev–Trinajstić information content (AvgIpc) is 2.84. The smallest absolute Gasteiger partial charge is 0.340 e. The lowest BCUT2D eigenvalue weighted by atomic mass is 10.2. The van der Waals surface area contributed by atoms with Crippen LogP contribution in [0.15, 0.2) is 28.2 Å². The van der Waals surface area contributed by atoms with E-state index in [9.17, 15) is 9.59 Å². The fourth-order valence-corrected chi connectivity index (χ4v) is 2.84. The third-order valence-corrected chi connectivity index (χ3v) is 4.44. The number of thiazole rings is 1. The molecule has 1 amide bonds. The Morgan fingerprint density at radius 1 is 1.38 bits per heavy atom. The van der Waals surface area contributed by atoms with Gasteiger partial charge in [0, 0.05) is 0 Å². The highest BCUT2D eigenvalue weighted by Crippen LogP contribution is 2.26. The Morgan fingerprint density at radius 2 is 2.14 bits per heavy atom. The van der Waals surface area contributed by atoms with E-state index in [1.165, 1.54) is 17.4 Å². The van der Waals surface area contributed by atoms with Gasteiger partial charge in [-0.25, -0.2) is 9.78 Å². The van der Waals surface area contributed by atoms with E-state index in [1.54, 1.807) is 18.3 Å². The Balaban J connectivity index is 1.92. The summed E-state index contributed by atoms with van der Waals surface area (Å²) in [6, 6.07) is 4.58. The van der Waals surface area contributed by atoms with E-state index in [0.717, 1.165) is 3.79 Å². The van der Waals surface area contributed by atoms with Crippen molar-refractivity contribution in [2.24, 2.45) is 0 Å². The van der Waals surface area contributed by atoms with Gasteiger partial charge in [0.25, 0.3) is 5.91 Å². The summed E-state index contributed by atoms with van der Waals surface area (Å²) >= 11 is 16.2. The highest BCUT2D eigenvalue weighted by molar-refractivity contribution is 9.11. The number of halogens is 3. The molecule has 1 N–H and O–H groups in total. The van der Waals surface area contributed by atoms with Crippen LogP contribution in [0.5, 0.6) is 0 Å². The third-order valence-electron chi connectivity index (χ3n) is 2.23. The first-order valence-corrected chi connectivity index (χ1v) is 7.86. The van der Waals surface area contributed by atoms with Crippen LogP contribution in [0.1, 0.15) is 10.4 Å². The molecule has 0 bridgehead atoms. The SMILES string of the molecule is O=C(COC(=O)c1cccc(Cl)c1Cl)Nc1ncc(Br)s1. The molecule has 0 saturated carbocycles. The van der Waals surface area contributed by atoms with Crippen LogP contribution >= 0.6 is 50.5 Å². The predicted molar refractivity (Wildman–Crippen MR) is 85.2 cm³/mol. The van der Waals surface area contributed by atoms with Crippen LogP contribution in [0.2, 0.25) is 10.0 Å². The molecule has 2 aromatic rings. The Kier molecular flexibility index (Phi) is 5.58. The molecule has 1 heterocycles. The van der Waals surface area contributed by atoms with Gasteiger partial charge < -0.3 is 4.74 Å². The van der Waals surface area contributed by atoms with Crippen LogP contribution in [0.3, 0.4) is 0 Å². The number of nitrogens with zero attached hydrogens (tertiary/aromatic N) is 1. The van der Waals surface area contributed by atoms with Gasteiger partial charge in [0.15, 0.2) is 11.7 Å². The number of ether oxygens (including phenoxy) is 1. The van der Waals surface area contributed by atoms with Crippen LogP contribution in [0, 0.1) is 0 Å². The van der Waals surface area contributed by atoms with Crippen molar-refractivity contribution in [3.05, 3.63) is 43.8 Å². The first-order valence-electron chi connectivity index (χ1n) is 5.49. The molecule has 0 saturated heterocycles. The number of carbonyl (C=O) groups excluding carboxylic acids is 2. The minimum atomic E-state index is -0.724. The number of amides is 1. The van der Waals surface area contributed by atoms with Crippen molar-refractivity contribution in [1.29, 1.82) is 0 Å². The highest BCUT2D eigenvalue weighted by atomic mass is 79.9. The molecule has 0 atom stereocenters. The number of carbonyl (C=O) groups is 2. The van der Waals surface area contributed by atoms with Gasteiger partial charge in [-0.2, -0.15) is 0 Å². The second kappa shape index (κ2) is 7.22. The van der Waals surface area contributed by atoms with Crippen molar-refractivity contribution in [2.75, 3.05) is 11.9 Å². The molecule has 1 aromatic carbocycles. The molecule has 21 heavy (non-hydrogen) atoms. The maximum absolute atomic E-state index is 11.8. The fourth-order valence-electron chi connectivity index (χ4n) is 1.34. The maximum atomic E-state index is 11.8. The summed E-state index contributed by atoms with van der Waals surface area (Å²) in [5, 5.41) is 3.23. The van der Waals surface area contributed by atoms with Gasteiger partial charge in [-0.05, 0) is 28.1 Å². The standard InChI is InChI=1S/C12H7BrCl2N2O3S/c13-8-4-16-12(21-8)17-9(18)5-20-11(19)6-2-1-3-7(14)10(6)15/h1-4H,5H2,(H,16,17,18). The Hall–Kier alpha value is -1.15. The van der Waals surface area contributed by atoms with E-state index < -0.39 is 18.5 Å². The zero-order chi connectivity index (χ0) is 15.4. The molecular formula is C12H7BrCl2N2O3S. The number of esters is 1. The molecule has 0 radical (unpaired) electrons. The number of hydrogen-bond acceptors (Lipinski definition) is 5. The number of anilines is 1. The van der Waals surface area contributed by atoms with Crippen LogP contribution in [-0.2, 0) is 9.53 Å². The molecule has 1 aromatic heterocycles. The topological polar surface area (TPSA) is 68.3 Å². The Bertz CT molecular complexity index is 693. The summed E-state index contributed by atoms with van der Waals surface area (Å²) in [5.41, 5.74) is 0.106. The largest absolute Gasteiger partial charge is 0.452 e. The van der Waals surface area contributed by atoms with Gasteiger partial charge in [-0.3, -0.25) is 10.1 Å². The van der Waals surface area contributed by atoms with Gasteiger partial charge >= 0.3 is 5.97 Å². The zero-order valence-corrected chi connectivity index (χ0v) is 14.1. The summed E-state index contributed by atoms with van der Waals surface area (Å²) in [4.78, 5) is 27.4. The maximum Gasteiger partial charge on any atom is 0.340 e. The first-order chi connectivity index (χ1) is 9.97. The van der Waals surface area contributed by atoms with Gasteiger partial charge in [0.05, 0.1) is 25.6 Å². The number of nitrogens with one attached hydrogen (secondary N) is 1. The van der Waals surface area contributed by atoms with E-state index >= 15 is 0 Å². The molecule has 0 aliphatic heterocycles. The number of aromatic nitrogens is 1. The quantitative estimate of drug-likeness (QED) is 0.774. The van der Waals surface area contributed by atoms with E-state index in [-0.39, 0.29) is 15.6 Å². The van der Waals surface area contributed by atoms with E-state index in [1.807, 2.05) is 0 Å². The van der Waals surface area contributed by atoms with Crippen LogP contribution in [0.25, 0.3) is 0 Å². The average molecular weight is 410 g/mol. The third kappa shape index (κ3) is 4.41. The molecule has 0 spiro atoms. The lowest BCUT2D eigenvalue weighted by Gasteiger charge is -2.06. The van der Waals surface area contributed by atoms with Crippen molar-refractivity contribution in [2.45, 2.75) is 0 Å². The van der Waals surface area contributed by atoms with Crippen molar-refractivity contribution in [3.63, 3.8) is 0 Å². The molecule has 0 aliphatic rings. The fraction of sp³-hybridized carbons (Fsp3) is 0.0833. The Morgan fingerprint density at radius 3 is 2.81 bits per heavy atom. The van der Waals surface area contributed by atoms with Crippen molar-refractivity contribution < 1.29 is 14.3 Å². The van der Waals surface area contributed by atoms with Crippen LogP contribution in [0.4, 0.5) is 5.13 Å². The zero-order valence-electron chi connectivity index (χ0n) is 10.2. The van der Waals surface area contributed by atoms with Crippen molar-refractivity contribution in [1.82, 2.24) is 4.98 Å². The van der Waals surface area contributed by atoms with Crippen LogP contribution < -0.4 is 5.32 Å². The van der Waals surface area contributed by atoms with E-state index in [2.05, 4.69) is 26.2 Å². The Labute approximate surface area is 142 Å². The molecule has 0 unspecified atom stereocenters. The van der Waals surface area contributed by atoms with Gasteiger partial charge in [0.1, 0.15) is 0 Å². The summed E-state index contributed by atoms with van der Waals surface area (Å²) < 4.78 is 5.65. The molecule has 0 fully saturated rings. The molecule has 2 rings (SSSR count). The molecule has 110 valence electrons. The first kappa shape index (κ1) is 16.2. The molecular weight excluding hydrogens is 403 g/mol. The minimum absolute atomic E-state index is 0.0911. The number of rotatable bonds is 4. The van der Waals surface area contributed by atoms with Crippen LogP contribution in [-0.4, -0.2) is 23.5 Å². The summed E-state index contributed by atoms with van der Waals surface area (Å²) in [6.45, 7) is -0.446. The lowest BCUT2D eigenvalue weighted by Crippen LogP contribution is -2.21. The van der Waals surface area contributed by atoms with Gasteiger partial charge in [-0.1, -0.05) is 40.6 Å². The predicted octanol–water partition coefficient (Wildman–Crippen LogP) is 4.01. The van der Waals surface area contributed by atoms with Crippen molar-refractivity contribution >= 4 is 67.5 Å². The summed E-state index contributed by atoms with van der Waals surface area (Å²) in [5.74, 6) is -1.22. The monoisotopic (exact) mass is 408 g/mol. The van der Waals surface area contributed by atoms with E-state index in [0.29, 0.717) is 5.13 Å². The van der Waals surface area contributed by atoms with E-state index in [4.69, 9.17) is 27.9 Å². The number of benzene rings is 1. The van der Waals surface area contributed by atoms with Crippen molar-refractivity contribution in [3.8, 4) is 0 Å². The summed E-state index contributed by atoms with van der Waals surface area (Å²) in [6.07, 6.45) is 1.55. The van der Waals surface area contributed by atoms with Gasteiger partial charge in [-0.15, -0.1) is 0 Å². The molecule has 5 nitrogen and oxygen atoms in total. The molecule has 0 aliphatic carbocycles. The minimum Gasteiger partial charge on any atom is -0.452 e. The molecule has 9 heteroatoms. The number of hydrogen-bond donors (Lipinski definition) is 1. The second-order valence-corrected chi connectivity index (χ2v) is 6.89. The highest BCUT2D eigenvalue weighted by Gasteiger charge is 2.16. The normalized spacial score (nSPS) is 10.2. The van der Waals surface area contributed by atoms with Gasteiger partial charge in [0.2, 0.25) is 0 Å². The second-order valence-electron chi connectivity index (χ2n) is 3.70.